The minimum atomic E-state index is 0.164. The summed E-state index contributed by atoms with van der Waals surface area (Å²) in [7, 11) is 1.99. The van der Waals surface area contributed by atoms with Gasteiger partial charge in [-0.15, -0.1) is 11.3 Å². The first-order chi connectivity index (χ1) is 9.76. The van der Waals surface area contributed by atoms with Crippen molar-refractivity contribution in [3.63, 3.8) is 0 Å². The molecular weight excluding hydrogens is 264 g/mol. The Morgan fingerprint density at radius 1 is 1.20 bits per heavy atom. The molecule has 1 unspecified atom stereocenters. The van der Waals surface area contributed by atoms with Gasteiger partial charge in [-0.3, -0.25) is 0 Å². The molecule has 0 saturated heterocycles. The van der Waals surface area contributed by atoms with Gasteiger partial charge < -0.3 is 5.32 Å². The Morgan fingerprint density at radius 2 is 1.90 bits per heavy atom. The number of hydrogen-bond donors (Lipinski definition) is 1. The van der Waals surface area contributed by atoms with Gasteiger partial charge in [-0.05, 0) is 32.4 Å². The van der Waals surface area contributed by atoms with Crippen LogP contribution in [0.5, 0.6) is 0 Å². The fraction of sp³-hybridized carbons (Fsp3) is 0.471. The van der Waals surface area contributed by atoms with E-state index in [2.05, 4.69) is 48.0 Å². The van der Waals surface area contributed by atoms with E-state index in [1.54, 1.807) is 0 Å². The van der Waals surface area contributed by atoms with Crippen LogP contribution in [0.15, 0.2) is 35.7 Å². The standard InChI is InChI=1S/C17H22N2S/c1-13(18-2)15-12-20-16(19-15)17(10-6-7-11-17)14-8-4-3-5-9-14/h3-5,8-9,12-13,18H,6-7,10-11H2,1-2H3. The molecule has 20 heavy (non-hydrogen) atoms. The van der Waals surface area contributed by atoms with Crippen LogP contribution in [-0.4, -0.2) is 12.0 Å². The van der Waals surface area contributed by atoms with Crippen LogP contribution in [-0.2, 0) is 5.41 Å². The Hall–Kier alpha value is -1.19. The number of hydrogen-bond acceptors (Lipinski definition) is 3. The number of benzene rings is 1. The van der Waals surface area contributed by atoms with Gasteiger partial charge >= 0.3 is 0 Å². The molecule has 0 amide bonds. The predicted octanol–water partition coefficient (Wildman–Crippen LogP) is 4.28. The molecule has 0 spiro atoms. The lowest BCUT2D eigenvalue weighted by atomic mass is 9.79. The summed E-state index contributed by atoms with van der Waals surface area (Å²) in [6.07, 6.45) is 5.09. The van der Waals surface area contributed by atoms with Crippen molar-refractivity contribution in [2.75, 3.05) is 7.05 Å². The maximum atomic E-state index is 4.97. The van der Waals surface area contributed by atoms with E-state index >= 15 is 0 Å². The zero-order valence-corrected chi connectivity index (χ0v) is 13.0. The van der Waals surface area contributed by atoms with Crippen LogP contribution in [0.4, 0.5) is 0 Å². The first-order valence-electron chi connectivity index (χ1n) is 7.45. The lowest BCUT2D eigenvalue weighted by Gasteiger charge is -2.27. The van der Waals surface area contributed by atoms with Crippen LogP contribution in [0.3, 0.4) is 0 Å². The molecule has 1 fully saturated rings. The molecule has 1 heterocycles. The van der Waals surface area contributed by atoms with Gasteiger partial charge in [0.25, 0.3) is 0 Å². The van der Waals surface area contributed by atoms with Crippen LogP contribution in [0.1, 0.15) is 54.9 Å². The molecule has 1 aromatic heterocycles. The van der Waals surface area contributed by atoms with E-state index in [1.807, 2.05) is 18.4 Å². The van der Waals surface area contributed by atoms with Gasteiger partial charge in [0.2, 0.25) is 0 Å². The second-order valence-corrected chi connectivity index (χ2v) is 6.60. The van der Waals surface area contributed by atoms with E-state index in [0.717, 1.165) is 0 Å². The molecule has 0 radical (unpaired) electrons. The Kier molecular flexibility index (Phi) is 3.90. The summed E-state index contributed by atoms with van der Waals surface area (Å²) in [5, 5.41) is 6.81. The third kappa shape index (κ3) is 2.29. The molecule has 0 bridgehead atoms. The van der Waals surface area contributed by atoms with Gasteiger partial charge in [0.15, 0.2) is 0 Å². The summed E-state index contributed by atoms with van der Waals surface area (Å²) in [4.78, 5) is 4.97. The topological polar surface area (TPSA) is 24.9 Å². The number of nitrogens with zero attached hydrogens (tertiary/aromatic N) is 1. The second kappa shape index (κ2) is 5.66. The largest absolute Gasteiger partial charge is 0.312 e. The fourth-order valence-electron chi connectivity index (χ4n) is 3.21. The molecule has 106 valence electrons. The molecule has 1 saturated carbocycles. The molecular formula is C17H22N2S. The van der Waals surface area contributed by atoms with Crippen LogP contribution >= 0.6 is 11.3 Å². The van der Waals surface area contributed by atoms with E-state index in [-0.39, 0.29) is 5.41 Å². The molecule has 1 atom stereocenters. The highest BCUT2D eigenvalue weighted by molar-refractivity contribution is 7.09. The highest BCUT2D eigenvalue weighted by Crippen LogP contribution is 2.47. The molecule has 3 rings (SSSR count). The predicted molar refractivity (Wildman–Crippen MR) is 85.3 cm³/mol. The summed E-state index contributed by atoms with van der Waals surface area (Å²) in [5.74, 6) is 0. The fourth-order valence-corrected chi connectivity index (χ4v) is 4.41. The van der Waals surface area contributed by atoms with E-state index in [9.17, 15) is 0 Å². The highest BCUT2D eigenvalue weighted by atomic mass is 32.1. The lowest BCUT2D eigenvalue weighted by Crippen LogP contribution is -2.24. The Balaban J connectivity index is 2.01. The average molecular weight is 286 g/mol. The maximum Gasteiger partial charge on any atom is 0.103 e. The van der Waals surface area contributed by atoms with Crippen molar-refractivity contribution in [1.82, 2.24) is 10.3 Å². The Labute approximate surface area is 125 Å². The number of thiazole rings is 1. The third-order valence-electron chi connectivity index (χ3n) is 4.59. The average Bonchev–Trinajstić information content (AvgIpc) is 3.17. The summed E-state index contributed by atoms with van der Waals surface area (Å²) >= 11 is 1.83. The van der Waals surface area contributed by atoms with Crippen LogP contribution in [0.25, 0.3) is 0 Å². The zero-order chi connectivity index (χ0) is 14.0. The molecule has 1 N–H and O–H groups in total. The third-order valence-corrected chi connectivity index (χ3v) is 5.66. The van der Waals surface area contributed by atoms with Gasteiger partial charge in [0, 0.05) is 16.8 Å². The quantitative estimate of drug-likeness (QED) is 0.907. The van der Waals surface area contributed by atoms with E-state index < -0.39 is 0 Å². The normalized spacial score (nSPS) is 19.1. The Morgan fingerprint density at radius 3 is 2.55 bits per heavy atom. The van der Waals surface area contributed by atoms with Crippen molar-refractivity contribution in [3.05, 3.63) is 52.0 Å². The van der Waals surface area contributed by atoms with Crippen LogP contribution < -0.4 is 5.32 Å². The van der Waals surface area contributed by atoms with E-state index in [1.165, 1.54) is 41.9 Å². The minimum Gasteiger partial charge on any atom is -0.312 e. The summed E-state index contributed by atoms with van der Waals surface area (Å²) in [6, 6.07) is 11.3. The van der Waals surface area contributed by atoms with E-state index in [0.29, 0.717) is 6.04 Å². The van der Waals surface area contributed by atoms with Crippen molar-refractivity contribution < 1.29 is 0 Å². The van der Waals surface area contributed by atoms with Crippen molar-refractivity contribution in [2.24, 2.45) is 0 Å². The number of rotatable bonds is 4. The van der Waals surface area contributed by atoms with Crippen molar-refractivity contribution in [1.29, 1.82) is 0 Å². The van der Waals surface area contributed by atoms with Gasteiger partial charge in [-0.25, -0.2) is 4.98 Å². The summed E-state index contributed by atoms with van der Waals surface area (Å²) in [6.45, 7) is 2.17. The Bertz CT molecular complexity index is 555. The second-order valence-electron chi connectivity index (χ2n) is 5.74. The minimum absolute atomic E-state index is 0.164. The van der Waals surface area contributed by atoms with Gasteiger partial charge in [-0.2, -0.15) is 0 Å². The molecule has 1 aliphatic carbocycles. The van der Waals surface area contributed by atoms with Crippen molar-refractivity contribution in [3.8, 4) is 0 Å². The van der Waals surface area contributed by atoms with Gasteiger partial charge in [0.05, 0.1) is 5.69 Å². The summed E-state index contributed by atoms with van der Waals surface area (Å²) < 4.78 is 0. The number of nitrogens with one attached hydrogen (secondary N) is 1. The van der Waals surface area contributed by atoms with Gasteiger partial charge in [0.1, 0.15) is 5.01 Å². The molecule has 1 aliphatic rings. The van der Waals surface area contributed by atoms with Gasteiger partial charge in [-0.1, -0.05) is 43.2 Å². The molecule has 0 aliphatic heterocycles. The molecule has 1 aromatic carbocycles. The SMILES string of the molecule is CNC(C)c1csc(C2(c3ccccc3)CCCC2)n1. The summed E-state index contributed by atoms with van der Waals surface area (Å²) in [5.41, 5.74) is 2.78. The number of aromatic nitrogens is 1. The molecule has 3 heteroatoms. The first kappa shape index (κ1) is 13.8. The van der Waals surface area contributed by atoms with E-state index in [4.69, 9.17) is 4.98 Å². The highest BCUT2D eigenvalue weighted by Gasteiger charge is 2.39. The smallest absolute Gasteiger partial charge is 0.103 e. The van der Waals surface area contributed by atoms with Crippen LogP contribution in [0.2, 0.25) is 0 Å². The molecule has 2 aromatic rings. The van der Waals surface area contributed by atoms with Crippen LogP contribution in [0, 0.1) is 0 Å². The van der Waals surface area contributed by atoms with Crippen molar-refractivity contribution >= 4 is 11.3 Å². The monoisotopic (exact) mass is 286 g/mol. The lowest BCUT2D eigenvalue weighted by molar-refractivity contribution is 0.525. The first-order valence-corrected chi connectivity index (χ1v) is 8.33. The van der Waals surface area contributed by atoms with Crippen molar-refractivity contribution in [2.45, 2.75) is 44.1 Å². The zero-order valence-electron chi connectivity index (χ0n) is 12.2. The molecule has 2 nitrogen and oxygen atoms in total. The maximum absolute atomic E-state index is 4.97.